The van der Waals surface area contributed by atoms with Crippen LogP contribution in [0.15, 0.2) is 0 Å². The maximum absolute atomic E-state index is 5.55. The second kappa shape index (κ2) is 8.45. The van der Waals surface area contributed by atoms with Crippen LogP contribution in [0.2, 0.25) is 0 Å². The number of aryl methyl sites for hydroxylation is 1. The topological polar surface area (TPSA) is 82.5 Å². The highest BCUT2D eigenvalue weighted by atomic mass is 32.2. The van der Waals surface area contributed by atoms with Gasteiger partial charge in [0.25, 0.3) is 0 Å². The molecule has 156 valence electrons. The van der Waals surface area contributed by atoms with E-state index in [0.717, 1.165) is 92.7 Å². The molecule has 0 atom stereocenters. The van der Waals surface area contributed by atoms with Gasteiger partial charge in [-0.3, -0.25) is 0 Å². The Morgan fingerprint density at radius 3 is 2.28 bits per heavy atom. The van der Waals surface area contributed by atoms with Crippen molar-refractivity contribution < 1.29 is 4.74 Å². The van der Waals surface area contributed by atoms with E-state index in [9.17, 15) is 0 Å². The van der Waals surface area contributed by atoms with Gasteiger partial charge < -0.3 is 24.8 Å². The van der Waals surface area contributed by atoms with Gasteiger partial charge in [0.1, 0.15) is 0 Å². The van der Waals surface area contributed by atoms with E-state index < -0.39 is 0 Å². The average molecular weight is 417 g/mol. The summed E-state index contributed by atoms with van der Waals surface area (Å²) in [6.07, 6.45) is 0. The van der Waals surface area contributed by atoms with Crippen molar-refractivity contribution in [3.63, 3.8) is 0 Å². The monoisotopic (exact) mass is 416 g/mol. The Morgan fingerprint density at radius 2 is 1.52 bits per heavy atom. The largest absolute Gasteiger partial charge is 0.378 e. The van der Waals surface area contributed by atoms with Crippen LogP contribution in [0.3, 0.4) is 0 Å². The average Bonchev–Trinajstić information content (AvgIpc) is 2.80. The van der Waals surface area contributed by atoms with Crippen molar-refractivity contribution in [2.45, 2.75) is 6.92 Å². The van der Waals surface area contributed by atoms with Crippen LogP contribution in [0, 0.1) is 6.92 Å². The Balaban J connectivity index is 1.60. The summed E-state index contributed by atoms with van der Waals surface area (Å²) in [6, 6.07) is 0. The predicted octanol–water partition coefficient (Wildman–Crippen LogP) is 0.528. The number of nitrogens with one attached hydrogen (secondary N) is 1. The highest BCUT2D eigenvalue weighted by Crippen LogP contribution is 2.29. The normalized spacial score (nSPS) is 21.1. The standard InChI is InChI=1S/C19H28N8OS/c1-14-17(26-8-12-29-13-9-26)22-16-15(21-14)18(25-6-10-28-11-7-25)24-19(23-16)27-4-2-20-3-5-27/h20H,2-13H2,1H3. The lowest BCUT2D eigenvalue weighted by Crippen LogP contribution is -2.44. The van der Waals surface area contributed by atoms with Gasteiger partial charge >= 0.3 is 0 Å². The summed E-state index contributed by atoms with van der Waals surface area (Å²) in [5.41, 5.74) is 2.46. The van der Waals surface area contributed by atoms with Gasteiger partial charge in [0, 0.05) is 63.9 Å². The second-order valence-corrected chi connectivity index (χ2v) is 8.81. The molecule has 9 nitrogen and oxygen atoms in total. The Labute approximate surface area is 175 Å². The maximum atomic E-state index is 5.55. The smallest absolute Gasteiger partial charge is 0.229 e. The molecule has 1 N–H and O–H groups in total. The van der Waals surface area contributed by atoms with E-state index in [0.29, 0.717) is 18.9 Å². The van der Waals surface area contributed by atoms with E-state index in [-0.39, 0.29) is 0 Å². The van der Waals surface area contributed by atoms with Crippen molar-refractivity contribution in [3.05, 3.63) is 5.69 Å². The first-order valence-corrected chi connectivity index (χ1v) is 11.6. The van der Waals surface area contributed by atoms with Crippen LogP contribution < -0.4 is 20.0 Å². The van der Waals surface area contributed by atoms with Gasteiger partial charge in [-0.05, 0) is 6.92 Å². The predicted molar refractivity (Wildman–Crippen MR) is 118 cm³/mol. The van der Waals surface area contributed by atoms with Gasteiger partial charge in [0.05, 0.1) is 18.9 Å². The van der Waals surface area contributed by atoms with E-state index in [1.54, 1.807) is 0 Å². The summed E-state index contributed by atoms with van der Waals surface area (Å²) in [5.74, 6) is 4.89. The SMILES string of the molecule is Cc1nc2c(N3CCOCC3)nc(N3CCNCC3)nc2nc1N1CCSCC1. The summed E-state index contributed by atoms with van der Waals surface area (Å²) in [6.45, 7) is 10.8. The summed E-state index contributed by atoms with van der Waals surface area (Å²) in [7, 11) is 0. The van der Waals surface area contributed by atoms with Crippen molar-refractivity contribution >= 4 is 40.5 Å². The highest BCUT2D eigenvalue weighted by molar-refractivity contribution is 7.99. The van der Waals surface area contributed by atoms with Crippen LogP contribution in [0.1, 0.15) is 5.69 Å². The molecule has 2 aromatic rings. The first-order chi connectivity index (χ1) is 14.3. The van der Waals surface area contributed by atoms with Crippen molar-refractivity contribution in [1.29, 1.82) is 0 Å². The minimum atomic E-state index is 0.703. The Bertz CT molecular complexity index is 863. The van der Waals surface area contributed by atoms with Crippen molar-refractivity contribution in [3.8, 4) is 0 Å². The number of fused-ring (bicyclic) bond motifs is 1. The zero-order valence-electron chi connectivity index (χ0n) is 16.9. The van der Waals surface area contributed by atoms with Crippen molar-refractivity contribution in [2.75, 3.05) is 91.8 Å². The molecule has 3 aliphatic rings. The molecule has 10 heteroatoms. The van der Waals surface area contributed by atoms with Crippen molar-refractivity contribution in [1.82, 2.24) is 25.3 Å². The molecule has 29 heavy (non-hydrogen) atoms. The lowest BCUT2D eigenvalue weighted by atomic mass is 10.3. The third kappa shape index (κ3) is 3.93. The van der Waals surface area contributed by atoms with E-state index in [1.807, 2.05) is 11.8 Å². The molecule has 2 aromatic heterocycles. The maximum Gasteiger partial charge on any atom is 0.229 e. The Hall–Kier alpha value is -1.91. The van der Waals surface area contributed by atoms with Crippen LogP contribution in [-0.2, 0) is 4.74 Å². The molecule has 0 amide bonds. The second-order valence-electron chi connectivity index (χ2n) is 7.59. The van der Waals surface area contributed by atoms with Crippen molar-refractivity contribution in [2.24, 2.45) is 0 Å². The zero-order valence-corrected chi connectivity index (χ0v) is 17.7. The van der Waals surface area contributed by atoms with Gasteiger partial charge in [-0.2, -0.15) is 21.7 Å². The van der Waals surface area contributed by atoms with Gasteiger partial charge in [0.15, 0.2) is 22.8 Å². The quantitative estimate of drug-likeness (QED) is 0.765. The lowest BCUT2D eigenvalue weighted by Gasteiger charge is -2.32. The van der Waals surface area contributed by atoms with E-state index in [2.05, 4.69) is 26.9 Å². The molecular weight excluding hydrogens is 388 g/mol. The molecular formula is C19H28N8OS. The lowest BCUT2D eigenvalue weighted by molar-refractivity contribution is 0.122. The molecule has 3 aliphatic heterocycles. The third-order valence-corrected chi connectivity index (χ3v) is 6.61. The molecule has 0 aromatic carbocycles. The minimum absolute atomic E-state index is 0.703. The molecule has 0 bridgehead atoms. The molecule has 5 rings (SSSR count). The number of anilines is 3. The molecule has 0 radical (unpaired) electrons. The summed E-state index contributed by atoms with van der Waals surface area (Å²) >= 11 is 2.00. The van der Waals surface area contributed by atoms with Gasteiger partial charge in [-0.15, -0.1) is 0 Å². The van der Waals surface area contributed by atoms with E-state index in [4.69, 9.17) is 24.7 Å². The molecule has 0 unspecified atom stereocenters. The number of hydrogen-bond donors (Lipinski definition) is 1. The molecule has 0 spiro atoms. The first-order valence-electron chi connectivity index (χ1n) is 10.5. The number of hydrogen-bond acceptors (Lipinski definition) is 10. The molecule has 3 saturated heterocycles. The fourth-order valence-corrected chi connectivity index (χ4v) is 4.98. The van der Waals surface area contributed by atoms with E-state index in [1.165, 1.54) is 0 Å². The number of morpholine rings is 1. The zero-order chi connectivity index (χ0) is 19.6. The fourth-order valence-electron chi connectivity index (χ4n) is 4.07. The number of nitrogens with zero attached hydrogens (tertiary/aromatic N) is 7. The van der Waals surface area contributed by atoms with Crippen LogP contribution in [0.25, 0.3) is 11.2 Å². The van der Waals surface area contributed by atoms with Gasteiger partial charge in [0.2, 0.25) is 5.95 Å². The molecule has 0 aliphatic carbocycles. The summed E-state index contributed by atoms with van der Waals surface area (Å²) in [4.78, 5) is 26.7. The molecule has 0 saturated carbocycles. The highest BCUT2D eigenvalue weighted by Gasteiger charge is 2.24. The number of aromatic nitrogens is 4. The van der Waals surface area contributed by atoms with Crippen LogP contribution in [-0.4, -0.2) is 97.0 Å². The van der Waals surface area contributed by atoms with Gasteiger partial charge in [-0.25, -0.2) is 9.97 Å². The van der Waals surface area contributed by atoms with E-state index >= 15 is 0 Å². The first kappa shape index (κ1) is 19.1. The Morgan fingerprint density at radius 1 is 0.793 bits per heavy atom. The van der Waals surface area contributed by atoms with Crippen LogP contribution in [0.4, 0.5) is 17.6 Å². The number of ether oxygens (including phenoxy) is 1. The van der Waals surface area contributed by atoms with Crippen LogP contribution in [0.5, 0.6) is 0 Å². The molecule has 3 fully saturated rings. The Kier molecular flexibility index (Phi) is 5.56. The summed E-state index contributed by atoms with van der Waals surface area (Å²) in [5, 5.41) is 3.40. The number of rotatable bonds is 3. The third-order valence-electron chi connectivity index (χ3n) is 5.67. The molecule has 5 heterocycles. The van der Waals surface area contributed by atoms with Gasteiger partial charge in [-0.1, -0.05) is 0 Å². The fraction of sp³-hybridized carbons (Fsp3) is 0.684. The number of thioether (sulfide) groups is 1. The minimum Gasteiger partial charge on any atom is -0.378 e. The number of piperazine rings is 1. The summed E-state index contributed by atoms with van der Waals surface area (Å²) < 4.78 is 5.55. The van der Waals surface area contributed by atoms with Crippen LogP contribution >= 0.6 is 11.8 Å².